The molecule has 0 saturated carbocycles. The van der Waals surface area contributed by atoms with Crippen molar-refractivity contribution in [3.8, 4) is 0 Å². The van der Waals surface area contributed by atoms with Gasteiger partial charge >= 0.3 is 5.69 Å². The number of nitrogens with one attached hydrogen (secondary N) is 1. The van der Waals surface area contributed by atoms with Gasteiger partial charge in [-0.3, -0.25) is 18.7 Å². The Morgan fingerprint density at radius 3 is 2.78 bits per heavy atom. The van der Waals surface area contributed by atoms with Gasteiger partial charge in [-0.2, -0.15) is 0 Å². The summed E-state index contributed by atoms with van der Waals surface area (Å²) < 4.78 is 4.12. The summed E-state index contributed by atoms with van der Waals surface area (Å²) in [7, 11) is 3.03. The topological polar surface area (TPSA) is 90.9 Å². The van der Waals surface area contributed by atoms with Crippen LogP contribution in [0.3, 0.4) is 0 Å². The highest BCUT2D eigenvalue weighted by molar-refractivity contribution is 7.11. The molecule has 1 aliphatic rings. The molecule has 32 heavy (non-hydrogen) atoms. The number of rotatable bonds is 6. The van der Waals surface area contributed by atoms with E-state index in [1.165, 1.54) is 28.4 Å². The average molecular weight is 452 g/mol. The summed E-state index contributed by atoms with van der Waals surface area (Å²) in [5.74, 6) is 0.165. The van der Waals surface area contributed by atoms with Crippen molar-refractivity contribution in [1.82, 2.24) is 24.0 Å². The molecule has 0 aliphatic heterocycles. The van der Waals surface area contributed by atoms with Crippen molar-refractivity contribution in [2.24, 2.45) is 20.0 Å². The maximum absolute atomic E-state index is 12.5. The number of aromatic nitrogens is 4. The SMILES string of the molecule is CC1C=CC(NC(=O)CCCn2cnc3c2c(=O)n(C)c(=O)n3C)=CC=C1c1cccs1. The van der Waals surface area contributed by atoms with E-state index >= 15 is 0 Å². The number of thiophene rings is 1. The van der Waals surface area contributed by atoms with E-state index in [9.17, 15) is 14.4 Å². The number of carbonyl (C=O) groups is 1. The van der Waals surface area contributed by atoms with Gasteiger partial charge in [-0.25, -0.2) is 9.78 Å². The van der Waals surface area contributed by atoms with E-state index in [4.69, 9.17) is 0 Å². The third-order valence-corrected chi connectivity index (χ3v) is 6.53. The van der Waals surface area contributed by atoms with Gasteiger partial charge in [0.2, 0.25) is 5.91 Å². The highest BCUT2D eigenvalue weighted by Gasteiger charge is 2.15. The van der Waals surface area contributed by atoms with Crippen molar-refractivity contribution in [3.05, 3.63) is 79.6 Å². The average Bonchev–Trinajstić information content (AvgIpc) is 3.41. The summed E-state index contributed by atoms with van der Waals surface area (Å²) in [5.41, 5.74) is 1.89. The Hall–Kier alpha value is -3.46. The van der Waals surface area contributed by atoms with E-state index in [0.29, 0.717) is 30.6 Å². The summed E-state index contributed by atoms with van der Waals surface area (Å²) in [5, 5.41) is 5.02. The summed E-state index contributed by atoms with van der Waals surface area (Å²) >= 11 is 1.70. The number of imidazole rings is 1. The van der Waals surface area contributed by atoms with Crippen molar-refractivity contribution in [3.63, 3.8) is 0 Å². The lowest BCUT2D eigenvalue weighted by Crippen LogP contribution is -2.37. The molecule has 0 bridgehead atoms. The Labute approximate surface area is 188 Å². The van der Waals surface area contributed by atoms with Crippen LogP contribution in [0.25, 0.3) is 16.7 Å². The second-order valence-corrected chi connectivity index (χ2v) is 8.78. The normalized spacial score (nSPS) is 16.0. The Balaban J connectivity index is 1.41. The van der Waals surface area contributed by atoms with Crippen LogP contribution in [0.5, 0.6) is 0 Å². The van der Waals surface area contributed by atoms with Gasteiger partial charge in [0, 0.05) is 43.6 Å². The molecule has 8 nitrogen and oxygen atoms in total. The predicted octanol–water partition coefficient (Wildman–Crippen LogP) is 2.57. The Morgan fingerprint density at radius 1 is 1.22 bits per heavy atom. The molecule has 3 aromatic heterocycles. The summed E-state index contributed by atoms with van der Waals surface area (Å²) in [4.78, 5) is 42.5. The molecule has 1 aliphatic carbocycles. The van der Waals surface area contributed by atoms with Crippen LogP contribution in [-0.2, 0) is 25.4 Å². The van der Waals surface area contributed by atoms with Gasteiger partial charge in [0.1, 0.15) is 0 Å². The van der Waals surface area contributed by atoms with Crippen LogP contribution < -0.4 is 16.6 Å². The van der Waals surface area contributed by atoms with E-state index < -0.39 is 5.69 Å². The lowest BCUT2D eigenvalue weighted by Gasteiger charge is -2.08. The zero-order valence-electron chi connectivity index (χ0n) is 18.2. The van der Waals surface area contributed by atoms with Gasteiger partial charge in [0.25, 0.3) is 5.56 Å². The van der Waals surface area contributed by atoms with Crippen molar-refractivity contribution in [2.45, 2.75) is 26.3 Å². The van der Waals surface area contributed by atoms with Crippen LogP contribution >= 0.6 is 11.3 Å². The number of amides is 1. The quantitative estimate of drug-likeness (QED) is 0.624. The largest absolute Gasteiger partial charge is 0.332 e. The molecule has 166 valence electrons. The number of aryl methyl sites for hydroxylation is 2. The molecule has 1 atom stereocenters. The molecule has 1 unspecified atom stereocenters. The Bertz CT molecular complexity index is 1370. The first-order valence-corrected chi connectivity index (χ1v) is 11.3. The fraction of sp³-hybridized carbons (Fsp3) is 0.304. The highest BCUT2D eigenvalue weighted by Crippen LogP contribution is 2.30. The molecule has 0 spiro atoms. The number of carbonyl (C=O) groups excluding carboxylic acids is 1. The molecule has 0 radical (unpaired) electrons. The van der Waals surface area contributed by atoms with Crippen molar-refractivity contribution in [1.29, 1.82) is 0 Å². The summed E-state index contributed by atoms with van der Waals surface area (Å²) in [6.07, 6.45) is 10.4. The highest BCUT2D eigenvalue weighted by atomic mass is 32.1. The van der Waals surface area contributed by atoms with Crippen LogP contribution in [0, 0.1) is 5.92 Å². The van der Waals surface area contributed by atoms with Gasteiger partial charge < -0.3 is 9.88 Å². The zero-order valence-corrected chi connectivity index (χ0v) is 19.1. The molecule has 3 aromatic rings. The van der Waals surface area contributed by atoms with Gasteiger partial charge in [-0.1, -0.05) is 25.1 Å². The first-order chi connectivity index (χ1) is 15.4. The monoisotopic (exact) mass is 451 g/mol. The zero-order chi connectivity index (χ0) is 22.8. The summed E-state index contributed by atoms with van der Waals surface area (Å²) in [6.45, 7) is 2.59. The number of hydrogen-bond donors (Lipinski definition) is 1. The Morgan fingerprint density at radius 2 is 2.03 bits per heavy atom. The van der Waals surface area contributed by atoms with Crippen LogP contribution in [0.1, 0.15) is 24.6 Å². The van der Waals surface area contributed by atoms with Crippen LogP contribution in [-0.4, -0.2) is 24.6 Å². The molecule has 0 fully saturated rings. The minimum Gasteiger partial charge on any atom is -0.326 e. The van der Waals surface area contributed by atoms with Crippen molar-refractivity contribution in [2.75, 3.05) is 0 Å². The van der Waals surface area contributed by atoms with E-state index in [0.717, 1.165) is 10.3 Å². The molecule has 1 N–H and O–H groups in total. The molecular formula is C23H25N5O3S. The number of fused-ring (bicyclic) bond motifs is 1. The van der Waals surface area contributed by atoms with E-state index in [2.05, 4.69) is 40.8 Å². The maximum Gasteiger partial charge on any atom is 0.332 e. The van der Waals surface area contributed by atoms with Gasteiger partial charge in [-0.05, 0) is 35.6 Å². The minimum absolute atomic E-state index is 0.0914. The molecule has 3 heterocycles. The molecular weight excluding hydrogens is 426 g/mol. The molecule has 9 heteroatoms. The fourth-order valence-corrected chi connectivity index (χ4v) is 4.62. The molecule has 1 amide bonds. The second-order valence-electron chi connectivity index (χ2n) is 7.84. The maximum atomic E-state index is 12.5. The first kappa shape index (κ1) is 21.8. The van der Waals surface area contributed by atoms with Crippen LogP contribution in [0.4, 0.5) is 0 Å². The fourth-order valence-electron chi connectivity index (χ4n) is 3.77. The molecule has 0 saturated heterocycles. The molecule has 0 aromatic carbocycles. The third-order valence-electron chi connectivity index (χ3n) is 5.61. The Kier molecular flexibility index (Phi) is 6.09. The van der Waals surface area contributed by atoms with Gasteiger partial charge in [0.15, 0.2) is 11.2 Å². The minimum atomic E-state index is -0.414. The number of allylic oxidation sites excluding steroid dienone is 5. The number of nitrogens with zero attached hydrogens (tertiary/aromatic N) is 4. The van der Waals surface area contributed by atoms with Gasteiger partial charge in [-0.15, -0.1) is 11.3 Å². The van der Waals surface area contributed by atoms with Crippen molar-refractivity contribution < 1.29 is 4.79 Å². The van der Waals surface area contributed by atoms with Crippen LogP contribution in [0.2, 0.25) is 0 Å². The predicted molar refractivity (Wildman–Crippen MR) is 126 cm³/mol. The smallest absolute Gasteiger partial charge is 0.326 e. The van der Waals surface area contributed by atoms with Gasteiger partial charge in [0.05, 0.1) is 6.33 Å². The molecule has 4 rings (SSSR count). The van der Waals surface area contributed by atoms with E-state index in [1.807, 2.05) is 18.2 Å². The summed E-state index contributed by atoms with van der Waals surface area (Å²) in [6, 6.07) is 4.14. The second kappa shape index (κ2) is 8.96. The lowest BCUT2D eigenvalue weighted by atomic mass is 10.00. The third kappa shape index (κ3) is 4.16. The first-order valence-electron chi connectivity index (χ1n) is 10.4. The van der Waals surface area contributed by atoms with Crippen molar-refractivity contribution >= 4 is 34.0 Å². The van der Waals surface area contributed by atoms with E-state index in [1.54, 1.807) is 23.0 Å². The number of hydrogen-bond acceptors (Lipinski definition) is 5. The van der Waals surface area contributed by atoms with E-state index in [-0.39, 0.29) is 17.4 Å². The lowest BCUT2D eigenvalue weighted by molar-refractivity contribution is -0.120. The standard InChI is InChI=1S/C23H25N5O3S/c1-15-8-9-16(10-11-17(15)18-6-5-13-32-18)25-19(29)7-4-12-28-14-24-21-20(28)22(30)27(3)23(31)26(21)2/h5-6,8-11,13-15H,4,7,12H2,1-3H3,(H,25,29). The van der Waals surface area contributed by atoms with Crippen LogP contribution in [0.15, 0.2) is 63.4 Å².